The van der Waals surface area contributed by atoms with Crippen LogP contribution >= 0.6 is 0 Å². The molecule has 0 unspecified atom stereocenters. The summed E-state index contributed by atoms with van der Waals surface area (Å²) in [5.41, 5.74) is 0. The van der Waals surface area contributed by atoms with Gasteiger partial charge in [-0.3, -0.25) is 0 Å². The highest BCUT2D eigenvalue weighted by Crippen LogP contribution is 2.21. The van der Waals surface area contributed by atoms with Crippen LogP contribution in [0.5, 0.6) is 5.88 Å². The number of pyridine rings is 1. The number of nitrogens with zero attached hydrogens (tertiary/aromatic N) is 2. The third-order valence-electron chi connectivity index (χ3n) is 1.78. The van der Waals surface area contributed by atoms with Gasteiger partial charge in [-0.25, -0.2) is 4.98 Å². The molecule has 0 fully saturated rings. The zero-order valence-corrected chi connectivity index (χ0v) is 6.77. The van der Waals surface area contributed by atoms with Gasteiger partial charge in [0.25, 0.3) is 6.26 Å². The van der Waals surface area contributed by atoms with E-state index in [2.05, 4.69) is 4.98 Å². The summed E-state index contributed by atoms with van der Waals surface area (Å²) in [4.78, 5) is 3.95. The monoisotopic (exact) mass is 170 g/mol. The van der Waals surface area contributed by atoms with Crippen LogP contribution in [0.2, 0.25) is 0 Å². The van der Waals surface area contributed by atoms with Gasteiger partial charge in [-0.1, -0.05) is 18.2 Å². The molecule has 2 aromatic rings. The molecule has 3 heteroatoms. The van der Waals surface area contributed by atoms with Gasteiger partial charge >= 0.3 is 0 Å². The lowest BCUT2D eigenvalue weighted by Crippen LogP contribution is -1.87. The first-order chi connectivity index (χ1) is 6.42. The van der Waals surface area contributed by atoms with E-state index in [0.29, 0.717) is 5.88 Å². The van der Waals surface area contributed by atoms with E-state index in [4.69, 9.17) is 10.00 Å². The fourth-order valence-corrected chi connectivity index (χ4v) is 1.22. The van der Waals surface area contributed by atoms with Crippen LogP contribution in [0.15, 0.2) is 36.5 Å². The second-order valence-electron chi connectivity index (χ2n) is 2.53. The number of hydrogen-bond donors (Lipinski definition) is 0. The zero-order chi connectivity index (χ0) is 9.10. The van der Waals surface area contributed by atoms with E-state index in [1.54, 1.807) is 12.5 Å². The van der Waals surface area contributed by atoms with Crippen LogP contribution in [0.25, 0.3) is 10.8 Å². The number of benzene rings is 1. The topological polar surface area (TPSA) is 45.9 Å². The van der Waals surface area contributed by atoms with E-state index in [1.807, 2.05) is 30.3 Å². The SMILES string of the molecule is N#COc1nccc2ccccc12. The molecular weight excluding hydrogens is 164 g/mol. The molecule has 0 spiro atoms. The molecule has 1 aromatic carbocycles. The van der Waals surface area contributed by atoms with Crippen LogP contribution in [0, 0.1) is 11.5 Å². The quantitative estimate of drug-likeness (QED) is 0.615. The molecule has 0 N–H and O–H groups in total. The highest BCUT2D eigenvalue weighted by molar-refractivity contribution is 5.86. The maximum Gasteiger partial charge on any atom is 0.293 e. The predicted molar refractivity (Wildman–Crippen MR) is 48.0 cm³/mol. The van der Waals surface area contributed by atoms with Crippen molar-refractivity contribution in [3.63, 3.8) is 0 Å². The van der Waals surface area contributed by atoms with Crippen molar-refractivity contribution in [1.29, 1.82) is 5.26 Å². The molecule has 13 heavy (non-hydrogen) atoms. The molecule has 1 aromatic heterocycles. The normalized spacial score (nSPS) is 9.46. The van der Waals surface area contributed by atoms with Crippen molar-refractivity contribution in [3.05, 3.63) is 36.5 Å². The molecule has 62 valence electrons. The summed E-state index contributed by atoms with van der Waals surface area (Å²) in [6, 6.07) is 9.50. The van der Waals surface area contributed by atoms with Gasteiger partial charge in [-0.05, 0) is 17.5 Å². The van der Waals surface area contributed by atoms with E-state index in [0.717, 1.165) is 10.8 Å². The van der Waals surface area contributed by atoms with Crippen LogP contribution in [0.3, 0.4) is 0 Å². The molecule has 0 saturated heterocycles. The fraction of sp³-hybridized carbons (Fsp3) is 0. The van der Waals surface area contributed by atoms with Gasteiger partial charge in [0, 0.05) is 11.6 Å². The second kappa shape index (κ2) is 3.11. The predicted octanol–water partition coefficient (Wildman–Crippen LogP) is 2.09. The van der Waals surface area contributed by atoms with E-state index < -0.39 is 0 Å². The first kappa shape index (κ1) is 7.56. The zero-order valence-electron chi connectivity index (χ0n) is 6.77. The van der Waals surface area contributed by atoms with Crippen molar-refractivity contribution in [2.24, 2.45) is 0 Å². The number of hydrogen-bond acceptors (Lipinski definition) is 3. The first-order valence-corrected chi connectivity index (χ1v) is 3.81. The van der Waals surface area contributed by atoms with Crippen LogP contribution in [-0.2, 0) is 0 Å². The van der Waals surface area contributed by atoms with Crippen molar-refractivity contribution >= 4 is 10.8 Å². The maximum atomic E-state index is 8.37. The van der Waals surface area contributed by atoms with Gasteiger partial charge in [0.15, 0.2) is 0 Å². The Morgan fingerprint density at radius 2 is 2.08 bits per heavy atom. The van der Waals surface area contributed by atoms with Crippen molar-refractivity contribution < 1.29 is 4.74 Å². The van der Waals surface area contributed by atoms with E-state index in [9.17, 15) is 0 Å². The summed E-state index contributed by atoms with van der Waals surface area (Å²) >= 11 is 0. The van der Waals surface area contributed by atoms with E-state index in [-0.39, 0.29) is 0 Å². The lowest BCUT2D eigenvalue weighted by molar-refractivity contribution is 0.493. The minimum atomic E-state index is 0.362. The third-order valence-corrected chi connectivity index (χ3v) is 1.78. The highest BCUT2D eigenvalue weighted by atomic mass is 16.5. The smallest absolute Gasteiger partial charge is 0.293 e. The lowest BCUT2D eigenvalue weighted by Gasteiger charge is -1.99. The Labute approximate surface area is 75.2 Å². The lowest BCUT2D eigenvalue weighted by atomic mass is 10.2. The Morgan fingerprint density at radius 3 is 2.92 bits per heavy atom. The van der Waals surface area contributed by atoms with Gasteiger partial charge in [0.2, 0.25) is 5.88 Å². The Kier molecular flexibility index (Phi) is 1.81. The van der Waals surface area contributed by atoms with Crippen LogP contribution in [0.4, 0.5) is 0 Å². The summed E-state index contributed by atoms with van der Waals surface area (Å²) < 4.78 is 4.71. The van der Waals surface area contributed by atoms with Crippen molar-refractivity contribution in [2.75, 3.05) is 0 Å². The maximum absolute atomic E-state index is 8.37. The number of ether oxygens (including phenoxy) is 1. The van der Waals surface area contributed by atoms with Gasteiger partial charge < -0.3 is 4.74 Å². The summed E-state index contributed by atoms with van der Waals surface area (Å²) in [6.07, 6.45) is 3.23. The number of nitriles is 1. The molecule has 0 aliphatic rings. The summed E-state index contributed by atoms with van der Waals surface area (Å²) in [6.45, 7) is 0. The third kappa shape index (κ3) is 1.30. The average molecular weight is 170 g/mol. The summed E-state index contributed by atoms with van der Waals surface area (Å²) in [5.74, 6) is 0.362. The molecule has 3 nitrogen and oxygen atoms in total. The molecule has 0 aliphatic heterocycles. The molecule has 0 atom stereocenters. The summed E-state index contributed by atoms with van der Waals surface area (Å²) in [7, 11) is 0. The van der Waals surface area contributed by atoms with Crippen LogP contribution in [-0.4, -0.2) is 4.98 Å². The Bertz CT molecular complexity index is 468. The Balaban J connectivity index is 2.70. The van der Waals surface area contributed by atoms with Gasteiger partial charge in [-0.2, -0.15) is 0 Å². The van der Waals surface area contributed by atoms with Crippen LogP contribution in [0.1, 0.15) is 0 Å². The number of fused-ring (bicyclic) bond motifs is 1. The number of aromatic nitrogens is 1. The second-order valence-corrected chi connectivity index (χ2v) is 2.53. The molecule has 0 aliphatic carbocycles. The summed E-state index contributed by atoms with van der Waals surface area (Å²) in [5, 5.41) is 10.2. The minimum Gasteiger partial charge on any atom is -0.367 e. The molecule has 0 radical (unpaired) electrons. The standard InChI is InChI=1S/C10H6N2O/c11-7-13-10-9-4-2-1-3-8(9)5-6-12-10/h1-6H. The number of rotatable bonds is 1. The van der Waals surface area contributed by atoms with E-state index >= 15 is 0 Å². The van der Waals surface area contributed by atoms with E-state index in [1.165, 1.54) is 0 Å². The first-order valence-electron chi connectivity index (χ1n) is 3.81. The van der Waals surface area contributed by atoms with Crippen LogP contribution < -0.4 is 4.74 Å². The molecular formula is C10H6N2O. The van der Waals surface area contributed by atoms with Crippen molar-refractivity contribution in [3.8, 4) is 12.1 Å². The van der Waals surface area contributed by atoms with Crippen molar-refractivity contribution in [2.45, 2.75) is 0 Å². The fourth-order valence-electron chi connectivity index (χ4n) is 1.22. The highest BCUT2D eigenvalue weighted by Gasteiger charge is 2.01. The Morgan fingerprint density at radius 1 is 1.23 bits per heavy atom. The average Bonchev–Trinajstić information content (AvgIpc) is 2.19. The van der Waals surface area contributed by atoms with Gasteiger partial charge in [-0.15, -0.1) is 5.26 Å². The molecule has 0 bridgehead atoms. The molecule has 0 amide bonds. The Hall–Kier alpha value is -2.08. The van der Waals surface area contributed by atoms with Gasteiger partial charge in [0.05, 0.1) is 0 Å². The molecule has 1 heterocycles. The van der Waals surface area contributed by atoms with Gasteiger partial charge in [0.1, 0.15) is 0 Å². The largest absolute Gasteiger partial charge is 0.367 e. The minimum absolute atomic E-state index is 0.362. The molecule has 0 saturated carbocycles. The van der Waals surface area contributed by atoms with Crippen molar-refractivity contribution in [1.82, 2.24) is 4.98 Å². The molecule has 2 rings (SSSR count).